The maximum Gasteiger partial charge on any atom is 0.151 e. The van der Waals surface area contributed by atoms with Crippen molar-refractivity contribution in [2.45, 2.75) is 39.3 Å². The second-order valence-corrected chi connectivity index (χ2v) is 5.86. The molecule has 1 aromatic heterocycles. The SMILES string of the molecule is CC(C)NCc1ccc(N(C)CCOCC2CC2)nn1. The number of nitrogens with one attached hydrogen (secondary N) is 1. The first-order valence-electron chi connectivity index (χ1n) is 7.50. The highest BCUT2D eigenvalue weighted by Crippen LogP contribution is 2.28. The summed E-state index contributed by atoms with van der Waals surface area (Å²) in [6.07, 6.45) is 2.68. The minimum absolute atomic E-state index is 0.461. The van der Waals surface area contributed by atoms with Crippen LogP contribution in [0.5, 0.6) is 0 Å². The van der Waals surface area contributed by atoms with Crippen LogP contribution in [0.25, 0.3) is 0 Å². The predicted octanol–water partition coefficient (Wildman–Crippen LogP) is 1.84. The Hall–Kier alpha value is -1.20. The van der Waals surface area contributed by atoms with Gasteiger partial charge in [0.15, 0.2) is 5.82 Å². The van der Waals surface area contributed by atoms with Gasteiger partial charge in [-0.2, -0.15) is 5.10 Å². The third-order valence-electron chi connectivity index (χ3n) is 3.41. The molecule has 0 bridgehead atoms. The Balaban J connectivity index is 1.70. The highest BCUT2D eigenvalue weighted by molar-refractivity contribution is 5.35. The van der Waals surface area contributed by atoms with Crippen molar-refractivity contribution < 1.29 is 4.74 Å². The van der Waals surface area contributed by atoms with Crippen molar-refractivity contribution in [1.29, 1.82) is 0 Å². The van der Waals surface area contributed by atoms with Crippen molar-refractivity contribution in [3.8, 4) is 0 Å². The van der Waals surface area contributed by atoms with Gasteiger partial charge in [0.1, 0.15) is 0 Å². The van der Waals surface area contributed by atoms with Gasteiger partial charge in [0.2, 0.25) is 0 Å². The van der Waals surface area contributed by atoms with Crippen LogP contribution < -0.4 is 10.2 Å². The number of anilines is 1. The molecule has 0 saturated heterocycles. The molecule has 5 nitrogen and oxygen atoms in total. The normalized spacial score (nSPS) is 14.8. The summed E-state index contributed by atoms with van der Waals surface area (Å²) in [5.74, 6) is 1.72. The molecule has 0 amide bonds. The first-order chi connectivity index (χ1) is 9.65. The van der Waals surface area contributed by atoms with E-state index in [9.17, 15) is 0 Å². The van der Waals surface area contributed by atoms with Gasteiger partial charge in [-0.25, -0.2) is 0 Å². The van der Waals surface area contributed by atoms with Gasteiger partial charge in [0, 0.05) is 32.8 Å². The molecule has 0 unspecified atom stereocenters. The van der Waals surface area contributed by atoms with Gasteiger partial charge in [-0.15, -0.1) is 5.10 Å². The Morgan fingerprint density at radius 1 is 1.35 bits per heavy atom. The smallest absolute Gasteiger partial charge is 0.151 e. The molecular formula is C15H26N4O. The molecule has 5 heteroatoms. The van der Waals surface area contributed by atoms with E-state index in [-0.39, 0.29) is 0 Å². The van der Waals surface area contributed by atoms with Gasteiger partial charge in [-0.3, -0.25) is 0 Å². The number of hydrogen-bond acceptors (Lipinski definition) is 5. The average molecular weight is 278 g/mol. The quantitative estimate of drug-likeness (QED) is 0.699. The van der Waals surface area contributed by atoms with E-state index in [1.807, 2.05) is 19.2 Å². The topological polar surface area (TPSA) is 50.3 Å². The molecule has 0 radical (unpaired) electrons. The van der Waals surface area contributed by atoms with Crippen molar-refractivity contribution in [1.82, 2.24) is 15.5 Å². The summed E-state index contributed by atoms with van der Waals surface area (Å²) < 4.78 is 5.64. The van der Waals surface area contributed by atoms with E-state index in [1.54, 1.807) is 0 Å². The van der Waals surface area contributed by atoms with Crippen LogP contribution in [-0.4, -0.2) is 43.0 Å². The van der Waals surface area contributed by atoms with Crippen molar-refractivity contribution in [3.05, 3.63) is 17.8 Å². The Labute approximate surface area is 121 Å². The zero-order valence-electron chi connectivity index (χ0n) is 12.8. The van der Waals surface area contributed by atoms with Gasteiger partial charge in [-0.1, -0.05) is 13.8 Å². The van der Waals surface area contributed by atoms with Gasteiger partial charge in [-0.05, 0) is 30.9 Å². The number of aromatic nitrogens is 2. The molecule has 1 aromatic rings. The van der Waals surface area contributed by atoms with E-state index >= 15 is 0 Å². The second kappa shape index (κ2) is 7.55. The fourth-order valence-corrected chi connectivity index (χ4v) is 1.81. The standard InChI is InChI=1S/C15H26N4O/c1-12(2)16-10-14-6-7-15(18-17-14)19(3)8-9-20-11-13-4-5-13/h6-7,12-13,16H,4-5,8-11H2,1-3H3. The number of rotatable bonds is 9. The monoisotopic (exact) mass is 278 g/mol. The molecule has 1 heterocycles. The van der Waals surface area contributed by atoms with Crippen LogP contribution in [0.4, 0.5) is 5.82 Å². The largest absolute Gasteiger partial charge is 0.379 e. The zero-order valence-corrected chi connectivity index (χ0v) is 12.8. The molecule has 1 aliphatic rings. The van der Waals surface area contributed by atoms with E-state index < -0.39 is 0 Å². The molecule has 1 fully saturated rings. The third kappa shape index (κ3) is 5.43. The molecule has 20 heavy (non-hydrogen) atoms. The van der Waals surface area contributed by atoms with Crippen LogP contribution in [0.3, 0.4) is 0 Å². The Morgan fingerprint density at radius 3 is 2.75 bits per heavy atom. The zero-order chi connectivity index (χ0) is 14.4. The third-order valence-corrected chi connectivity index (χ3v) is 3.41. The maximum absolute atomic E-state index is 5.64. The molecule has 0 spiro atoms. The van der Waals surface area contributed by atoms with Gasteiger partial charge in [0.05, 0.1) is 12.3 Å². The fourth-order valence-electron chi connectivity index (χ4n) is 1.81. The van der Waals surface area contributed by atoms with Crippen molar-refractivity contribution >= 4 is 5.82 Å². The van der Waals surface area contributed by atoms with Gasteiger partial charge in [0.25, 0.3) is 0 Å². The van der Waals surface area contributed by atoms with Crippen molar-refractivity contribution in [2.75, 3.05) is 31.7 Å². The van der Waals surface area contributed by atoms with E-state index in [4.69, 9.17) is 4.74 Å². The summed E-state index contributed by atoms with van der Waals surface area (Å²) in [6, 6.07) is 4.51. The first-order valence-corrected chi connectivity index (χ1v) is 7.50. The Bertz CT molecular complexity index is 389. The molecule has 0 aromatic carbocycles. The summed E-state index contributed by atoms with van der Waals surface area (Å²) >= 11 is 0. The molecular weight excluding hydrogens is 252 g/mol. The highest BCUT2D eigenvalue weighted by Gasteiger charge is 2.20. The van der Waals surface area contributed by atoms with Crippen LogP contribution in [0.15, 0.2) is 12.1 Å². The molecule has 0 aliphatic heterocycles. The van der Waals surface area contributed by atoms with E-state index in [0.29, 0.717) is 6.04 Å². The van der Waals surface area contributed by atoms with E-state index in [2.05, 4.69) is 34.3 Å². The maximum atomic E-state index is 5.64. The number of hydrogen-bond donors (Lipinski definition) is 1. The highest BCUT2D eigenvalue weighted by atomic mass is 16.5. The van der Waals surface area contributed by atoms with E-state index in [0.717, 1.165) is 43.7 Å². The van der Waals surface area contributed by atoms with Crippen LogP contribution >= 0.6 is 0 Å². The molecule has 112 valence electrons. The fraction of sp³-hybridized carbons (Fsp3) is 0.733. The summed E-state index contributed by atoms with van der Waals surface area (Å²) in [5, 5.41) is 11.8. The predicted molar refractivity (Wildman–Crippen MR) is 80.8 cm³/mol. The Morgan fingerprint density at radius 2 is 2.15 bits per heavy atom. The van der Waals surface area contributed by atoms with Crippen molar-refractivity contribution in [3.63, 3.8) is 0 Å². The molecule has 1 saturated carbocycles. The second-order valence-electron chi connectivity index (χ2n) is 5.86. The van der Waals surface area contributed by atoms with Gasteiger partial charge < -0.3 is 15.0 Å². The molecule has 2 rings (SSSR count). The Kier molecular flexibility index (Phi) is 5.73. The van der Waals surface area contributed by atoms with Crippen molar-refractivity contribution in [2.24, 2.45) is 5.92 Å². The number of ether oxygens (including phenoxy) is 1. The molecule has 1 aliphatic carbocycles. The molecule has 0 atom stereocenters. The lowest BCUT2D eigenvalue weighted by atomic mass is 10.3. The van der Waals surface area contributed by atoms with Crippen LogP contribution in [0.1, 0.15) is 32.4 Å². The van der Waals surface area contributed by atoms with E-state index in [1.165, 1.54) is 12.8 Å². The van der Waals surface area contributed by atoms with Crippen LogP contribution in [0, 0.1) is 5.92 Å². The first kappa shape index (κ1) is 15.2. The summed E-state index contributed by atoms with van der Waals surface area (Å²) in [7, 11) is 2.02. The average Bonchev–Trinajstić information content (AvgIpc) is 3.26. The van der Waals surface area contributed by atoms with Gasteiger partial charge >= 0.3 is 0 Å². The lowest BCUT2D eigenvalue weighted by Crippen LogP contribution is -2.25. The lowest BCUT2D eigenvalue weighted by molar-refractivity contribution is 0.130. The summed E-state index contributed by atoms with van der Waals surface area (Å²) in [6.45, 7) is 7.53. The minimum Gasteiger partial charge on any atom is -0.379 e. The number of likely N-dealkylation sites (N-methyl/N-ethyl adjacent to an activating group) is 1. The lowest BCUT2D eigenvalue weighted by Gasteiger charge is -2.17. The van der Waals surface area contributed by atoms with Crippen LogP contribution in [0.2, 0.25) is 0 Å². The van der Waals surface area contributed by atoms with Crippen LogP contribution in [-0.2, 0) is 11.3 Å². The summed E-state index contributed by atoms with van der Waals surface area (Å²) in [4.78, 5) is 2.08. The molecule has 1 N–H and O–H groups in total. The summed E-state index contributed by atoms with van der Waals surface area (Å²) in [5.41, 5.74) is 0.973. The number of nitrogens with zero attached hydrogens (tertiary/aromatic N) is 3. The minimum atomic E-state index is 0.461.